The Morgan fingerprint density at radius 2 is 1.96 bits per heavy atom. The van der Waals surface area contributed by atoms with Gasteiger partial charge in [0.05, 0.1) is 4.90 Å². The van der Waals surface area contributed by atoms with Gasteiger partial charge >= 0.3 is 0 Å². The molecule has 1 aromatic carbocycles. The van der Waals surface area contributed by atoms with Crippen LogP contribution in [0.25, 0.3) is 0 Å². The fourth-order valence-electron chi connectivity index (χ4n) is 2.54. The zero-order valence-corrected chi connectivity index (χ0v) is 14.6. The van der Waals surface area contributed by atoms with Gasteiger partial charge in [0.2, 0.25) is 10.0 Å². The summed E-state index contributed by atoms with van der Waals surface area (Å²) in [5.41, 5.74) is 5.71. The van der Waals surface area contributed by atoms with Gasteiger partial charge in [0, 0.05) is 18.2 Å². The molecule has 4 N–H and O–H groups in total. The van der Waals surface area contributed by atoms with Crippen molar-refractivity contribution in [1.29, 1.82) is 0 Å². The molecule has 0 saturated heterocycles. The molecule has 0 heterocycles. The van der Waals surface area contributed by atoms with Crippen LogP contribution in [0.15, 0.2) is 29.2 Å². The predicted octanol–water partition coefficient (Wildman–Crippen LogP) is 1.41. The van der Waals surface area contributed by atoms with E-state index in [1.54, 1.807) is 12.1 Å². The van der Waals surface area contributed by atoms with Gasteiger partial charge in [-0.2, -0.15) is 0 Å². The normalized spacial score (nSPS) is 15.2. The molecule has 0 radical (unpaired) electrons. The number of benzene rings is 1. The summed E-state index contributed by atoms with van der Waals surface area (Å²) in [6.45, 7) is 0.979. The van der Waals surface area contributed by atoms with Gasteiger partial charge in [-0.3, -0.25) is 4.79 Å². The first-order valence-corrected chi connectivity index (χ1v) is 9.12. The molecule has 1 aliphatic rings. The first kappa shape index (κ1) is 19.9. The Bertz CT molecular complexity index is 616. The van der Waals surface area contributed by atoms with E-state index in [2.05, 4.69) is 10.0 Å². The van der Waals surface area contributed by atoms with Crippen molar-refractivity contribution in [3.05, 3.63) is 29.8 Å². The van der Waals surface area contributed by atoms with Crippen LogP contribution in [0, 0.1) is 0 Å². The van der Waals surface area contributed by atoms with Crippen LogP contribution in [0.5, 0.6) is 0 Å². The monoisotopic (exact) mass is 361 g/mol. The maximum absolute atomic E-state index is 12.4. The number of nitrogens with one attached hydrogen (secondary N) is 2. The van der Waals surface area contributed by atoms with E-state index in [4.69, 9.17) is 5.73 Å². The fraction of sp³-hybridized carbons (Fsp3) is 0.533. The van der Waals surface area contributed by atoms with Gasteiger partial charge in [0.25, 0.3) is 5.91 Å². The fourth-order valence-corrected chi connectivity index (χ4v) is 3.89. The lowest BCUT2D eigenvalue weighted by atomic mass is 10.2. The molecule has 23 heavy (non-hydrogen) atoms. The summed E-state index contributed by atoms with van der Waals surface area (Å²) in [7, 11) is -3.57. The van der Waals surface area contributed by atoms with Crippen molar-refractivity contribution in [3.63, 3.8) is 0 Å². The lowest BCUT2D eigenvalue weighted by Crippen LogP contribution is -2.33. The predicted molar refractivity (Wildman–Crippen MR) is 92.3 cm³/mol. The van der Waals surface area contributed by atoms with E-state index in [1.165, 1.54) is 12.1 Å². The Morgan fingerprint density at radius 3 is 2.61 bits per heavy atom. The number of hydrogen-bond acceptors (Lipinski definition) is 4. The van der Waals surface area contributed by atoms with Gasteiger partial charge in [0.15, 0.2) is 0 Å². The number of hydrogen-bond donors (Lipinski definition) is 3. The molecular weight excluding hydrogens is 338 g/mol. The third kappa shape index (κ3) is 5.76. The summed E-state index contributed by atoms with van der Waals surface area (Å²) in [4.78, 5) is 12.1. The second-order valence-electron chi connectivity index (χ2n) is 5.53. The van der Waals surface area contributed by atoms with Crippen LogP contribution < -0.4 is 15.8 Å². The van der Waals surface area contributed by atoms with E-state index in [-0.39, 0.29) is 29.3 Å². The highest BCUT2D eigenvalue weighted by Crippen LogP contribution is 2.20. The number of amides is 1. The van der Waals surface area contributed by atoms with Crippen molar-refractivity contribution in [2.24, 2.45) is 5.73 Å². The van der Waals surface area contributed by atoms with Crippen LogP contribution in [-0.2, 0) is 10.0 Å². The molecule has 0 aromatic heterocycles. The first-order valence-electron chi connectivity index (χ1n) is 7.63. The van der Waals surface area contributed by atoms with Gasteiger partial charge in [-0.15, -0.1) is 12.4 Å². The zero-order valence-electron chi connectivity index (χ0n) is 13.0. The Morgan fingerprint density at radius 1 is 1.26 bits per heavy atom. The van der Waals surface area contributed by atoms with Crippen LogP contribution in [-0.4, -0.2) is 33.5 Å². The summed E-state index contributed by atoms with van der Waals surface area (Å²) in [5.74, 6) is -0.286. The molecule has 0 unspecified atom stereocenters. The molecule has 2 rings (SSSR count). The molecule has 130 valence electrons. The van der Waals surface area contributed by atoms with E-state index in [0.29, 0.717) is 25.1 Å². The molecular formula is C15H24ClN3O3S. The Balaban J connectivity index is 0.00000264. The number of carbonyl (C=O) groups is 1. The number of nitrogens with two attached hydrogens (primary N) is 1. The highest BCUT2D eigenvalue weighted by molar-refractivity contribution is 7.89. The number of halogens is 1. The van der Waals surface area contributed by atoms with Crippen LogP contribution in [0.3, 0.4) is 0 Å². The molecule has 8 heteroatoms. The van der Waals surface area contributed by atoms with E-state index in [1.807, 2.05) is 0 Å². The number of rotatable bonds is 7. The molecule has 0 bridgehead atoms. The highest BCUT2D eigenvalue weighted by Gasteiger charge is 2.23. The van der Waals surface area contributed by atoms with Crippen molar-refractivity contribution in [3.8, 4) is 0 Å². The third-order valence-corrected chi connectivity index (χ3v) is 5.27. The first-order chi connectivity index (χ1) is 10.5. The van der Waals surface area contributed by atoms with Gasteiger partial charge in [-0.25, -0.2) is 13.1 Å². The minimum atomic E-state index is -3.57. The summed E-state index contributed by atoms with van der Waals surface area (Å²) in [6.07, 6.45) is 4.54. The molecule has 6 nitrogen and oxygen atoms in total. The summed E-state index contributed by atoms with van der Waals surface area (Å²) in [6, 6.07) is 6.11. The number of sulfonamides is 1. The quantitative estimate of drug-likeness (QED) is 0.639. The van der Waals surface area contributed by atoms with E-state index in [0.717, 1.165) is 25.7 Å². The highest BCUT2D eigenvalue weighted by atomic mass is 35.5. The second-order valence-corrected chi connectivity index (χ2v) is 7.24. The van der Waals surface area contributed by atoms with Crippen LogP contribution >= 0.6 is 12.4 Å². The summed E-state index contributed by atoms with van der Waals surface area (Å²) < 4.78 is 27.4. The van der Waals surface area contributed by atoms with Crippen LogP contribution in [0.4, 0.5) is 0 Å². The molecule has 1 fully saturated rings. The average molecular weight is 362 g/mol. The minimum Gasteiger partial charge on any atom is -0.352 e. The Labute approximate surface area is 143 Å². The molecule has 0 spiro atoms. The SMILES string of the molecule is Cl.NCCCNC(=O)c1cccc(S(=O)(=O)NC2CCCC2)c1. The average Bonchev–Trinajstić information content (AvgIpc) is 3.00. The molecule has 0 aliphatic heterocycles. The van der Waals surface area contributed by atoms with E-state index < -0.39 is 10.0 Å². The topological polar surface area (TPSA) is 101 Å². The third-order valence-electron chi connectivity index (χ3n) is 3.75. The minimum absolute atomic E-state index is 0. The van der Waals surface area contributed by atoms with Gasteiger partial charge < -0.3 is 11.1 Å². The van der Waals surface area contributed by atoms with E-state index in [9.17, 15) is 13.2 Å². The second kappa shape index (κ2) is 9.22. The Hall–Kier alpha value is -1.15. The Kier molecular flexibility index (Phi) is 7.98. The number of carbonyl (C=O) groups excluding carboxylic acids is 1. The zero-order chi connectivity index (χ0) is 16.0. The van der Waals surface area contributed by atoms with Crippen LogP contribution in [0.2, 0.25) is 0 Å². The lowest BCUT2D eigenvalue weighted by Gasteiger charge is -2.13. The molecule has 0 atom stereocenters. The van der Waals surface area contributed by atoms with Gasteiger partial charge in [-0.05, 0) is 44.0 Å². The van der Waals surface area contributed by atoms with Crippen molar-refractivity contribution < 1.29 is 13.2 Å². The maximum Gasteiger partial charge on any atom is 0.251 e. The summed E-state index contributed by atoms with van der Waals surface area (Å²) >= 11 is 0. The standard InChI is InChI=1S/C15H23N3O3S.ClH/c16-9-4-10-17-15(19)12-5-3-8-14(11-12)22(20,21)18-13-6-1-2-7-13;/h3,5,8,11,13,18H,1-2,4,6-7,9-10,16H2,(H,17,19);1H. The summed E-state index contributed by atoms with van der Waals surface area (Å²) in [5, 5.41) is 2.72. The molecule has 1 saturated carbocycles. The van der Waals surface area contributed by atoms with Crippen molar-refractivity contribution in [2.45, 2.75) is 43.0 Å². The largest absolute Gasteiger partial charge is 0.352 e. The molecule has 1 aromatic rings. The maximum atomic E-state index is 12.4. The van der Waals surface area contributed by atoms with Crippen molar-refractivity contribution in [2.75, 3.05) is 13.1 Å². The van der Waals surface area contributed by atoms with Crippen molar-refractivity contribution >= 4 is 28.3 Å². The van der Waals surface area contributed by atoms with Gasteiger partial charge in [0.1, 0.15) is 0 Å². The van der Waals surface area contributed by atoms with E-state index >= 15 is 0 Å². The van der Waals surface area contributed by atoms with Gasteiger partial charge in [-0.1, -0.05) is 18.9 Å². The molecule has 1 aliphatic carbocycles. The lowest BCUT2D eigenvalue weighted by molar-refractivity contribution is 0.0953. The molecule has 1 amide bonds. The van der Waals surface area contributed by atoms with Crippen LogP contribution in [0.1, 0.15) is 42.5 Å². The smallest absolute Gasteiger partial charge is 0.251 e. The van der Waals surface area contributed by atoms with Crippen molar-refractivity contribution in [1.82, 2.24) is 10.0 Å².